The second-order valence-electron chi connectivity index (χ2n) is 5.42. The van der Waals surface area contributed by atoms with Gasteiger partial charge in [0.15, 0.2) is 5.11 Å². The molecule has 130 valence electrons. The molecular formula is C17H17N3O4S. The van der Waals surface area contributed by atoms with Gasteiger partial charge in [0.05, 0.1) is 18.1 Å². The van der Waals surface area contributed by atoms with Crippen LogP contribution >= 0.6 is 12.2 Å². The molecule has 0 aliphatic heterocycles. The molecule has 2 aromatic rings. The Morgan fingerprint density at radius 2 is 1.80 bits per heavy atom. The molecule has 2 N–H and O–H groups in total. The number of nitrogens with one attached hydrogen (secondary N) is 2. The number of nitro groups is 1. The molecule has 0 aromatic heterocycles. The molecule has 2 rings (SSSR count). The zero-order chi connectivity index (χ0) is 18.6. The second-order valence-corrected chi connectivity index (χ2v) is 5.83. The molecule has 0 atom stereocenters. The van der Waals surface area contributed by atoms with E-state index in [1.165, 1.54) is 19.2 Å². The van der Waals surface area contributed by atoms with Crippen molar-refractivity contribution in [3.8, 4) is 5.75 Å². The van der Waals surface area contributed by atoms with Crippen molar-refractivity contribution < 1.29 is 14.5 Å². The quantitative estimate of drug-likeness (QED) is 0.494. The van der Waals surface area contributed by atoms with Gasteiger partial charge in [0.2, 0.25) is 0 Å². The van der Waals surface area contributed by atoms with E-state index in [1.807, 2.05) is 19.9 Å². The largest absolute Gasteiger partial charge is 0.496 e. The lowest BCUT2D eigenvalue weighted by atomic mass is 10.1. The maximum atomic E-state index is 12.3. The fraction of sp³-hybridized carbons (Fsp3) is 0.176. The Labute approximate surface area is 150 Å². The molecule has 0 fully saturated rings. The van der Waals surface area contributed by atoms with Gasteiger partial charge in [0, 0.05) is 5.56 Å². The lowest BCUT2D eigenvalue weighted by Gasteiger charge is -2.11. The first-order valence-electron chi connectivity index (χ1n) is 7.33. The van der Waals surface area contributed by atoms with Gasteiger partial charge in [0.1, 0.15) is 11.4 Å². The van der Waals surface area contributed by atoms with Crippen LogP contribution in [0.3, 0.4) is 0 Å². The lowest BCUT2D eigenvalue weighted by Crippen LogP contribution is -2.34. The normalized spacial score (nSPS) is 10.0. The first-order chi connectivity index (χ1) is 11.8. The van der Waals surface area contributed by atoms with Crippen LogP contribution < -0.4 is 15.4 Å². The van der Waals surface area contributed by atoms with Crippen molar-refractivity contribution >= 4 is 34.6 Å². The Hall–Kier alpha value is -3.00. The molecule has 0 radical (unpaired) electrons. The summed E-state index contributed by atoms with van der Waals surface area (Å²) in [7, 11) is 1.42. The number of rotatable bonds is 4. The van der Waals surface area contributed by atoms with Crippen molar-refractivity contribution in [2.75, 3.05) is 12.4 Å². The van der Waals surface area contributed by atoms with Crippen LogP contribution in [0.1, 0.15) is 21.5 Å². The number of carbonyl (C=O) groups excluding carboxylic acids is 1. The Kier molecular flexibility index (Phi) is 5.66. The van der Waals surface area contributed by atoms with Gasteiger partial charge in [-0.3, -0.25) is 20.2 Å². The number of nitrogens with zero attached hydrogens (tertiary/aromatic N) is 1. The molecule has 0 spiro atoms. The highest BCUT2D eigenvalue weighted by atomic mass is 32.1. The van der Waals surface area contributed by atoms with Crippen molar-refractivity contribution in [2.45, 2.75) is 13.8 Å². The van der Waals surface area contributed by atoms with Gasteiger partial charge in [-0.15, -0.1) is 0 Å². The minimum atomic E-state index is -0.556. The van der Waals surface area contributed by atoms with Gasteiger partial charge >= 0.3 is 0 Å². The average molecular weight is 359 g/mol. The fourth-order valence-electron chi connectivity index (χ4n) is 2.33. The minimum absolute atomic E-state index is 0.0302. The molecule has 25 heavy (non-hydrogen) atoms. The summed E-state index contributed by atoms with van der Waals surface area (Å²) >= 11 is 5.09. The molecule has 0 heterocycles. The highest BCUT2D eigenvalue weighted by Crippen LogP contribution is 2.28. The molecule has 8 heteroatoms. The van der Waals surface area contributed by atoms with E-state index in [4.69, 9.17) is 17.0 Å². The van der Waals surface area contributed by atoms with Crippen molar-refractivity contribution in [1.82, 2.24) is 5.32 Å². The summed E-state index contributed by atoms with van der Waals surface area (Å²) in [6.45, 7) is 3.78. The number of anilines is 1. The van der Waals surface area contributed by atoms with Gasteiger partial charge in [0.25, 0.3) is 11.6 Å². The predicted octanol–water partition coefficient (Wildman–Crippen LogP) is 3.35. The van der Waals surface area contributed by atoms with Gasteiger partial charge in [-0.2, -0.15) is 0 Å². The van der Waals surface area contributed by atoms with Gasteiger partial charge in [-0.25, -0.2) is 0 Å². The third-order valence-corrected chi connectivity index (χ3v) is 3.56. The summed E-state index contributed by atoms with van der Waals surface area (Å²) in [4.78, 5) is 22.9. The molecule has 0 aliphatic rings. The number of nitro benzene ring substituents is 1. The Morgan fingerprint density at radius 1 is 1.16 bits per heavy atom. The van der Waals surface area contributed by atoms with E-state index in [0.717, 1.165) is 11.1 Å². The van der Waals surface area contributed by atoms with Crippen molar-refractivity contribution in [3.05, 3.63) is 63.2 Å². The first kappa shape index (κ1) is 18.3. The van der Waals surface area contributed by atoms with Crippen LogP contribution in [0.15, 0.2) is 36.4 Å². The summed E-state index contributed by atoms with van der Waals surface area (Å²) < 4.78 is 4.97. The highest BCUT2D eigenvalue weighted by molar-refractivity contribution is 7.80. The van der Waals surface area contributed by atoms with E-state index >= 15 is 0 Å². The summed E-state index contributed by atoms with van der Waals surface area (Å²) in [5.41, 5.74) is 2.33. The molecule has 0 saturated carbocycles. The number of methoxy groups -OCH3 is 1. The maximum absolute atomic E-state index is 12.3. The molecule has 2 aromatic carbocycles. The van der Waals surface area contributed by atoms with Crippen LogP contribution in [0.5, 0.6) is 5.75 Å². The third-order valence-electron chi connectivity index (χ3n) is 3.36. The van der Waals surface area contributed by atoms with Gasteiger partial charge < -0.3 is 10.1 Å². The Balaban J connectivity index is 2.14. The molecule has 7 nitrogen and oxygen atoms in total. The first-order valence-corrected chi connectivity index (χ1v) is 7.74. The SMILES string of the molecule is COc1ccc(NC(=S)NC(=O)c2cc(C)cc(C)c2)c([N+](=O)[O-])c1. The third kappa shape index (κ3) is 4.74. The van der Waals surface area contributed by atoms with Crippen LogP contribution in [0.25, 0.3) is 0 Å². The number of hydrogen-bond acceptors (Lipinski definition) is 5. The molecule has 0 aliphatic carbocycles. The van der Waals surface area contributed by atoms with E-state index in [0.29, 0.717) is 11.3 Å². The van der Waals surface area contributed by atoms with E-state index in [9.17, 15) is 14.9 Å². The summed E-state index contributed by atoms with van der Waals surface area (Å²) in [6, 6.07) is 9.72. The second kappa shape index (κ2) is 7.71. The van der Waals surface area contributed by atoms with Gasteiger partial charge in [-0.05, 0) is 50.3 Å². The van der Waals surface area contributed by atoms with Crippen LogP contribution in [-0.4, -0.2) is 23.1 Å². The Morgan fingerprint density at radius 3 is 2.36 bits per heavy atom. The number of benzene rings is 2. The smallest absolute Gasteiger partial charge is 0.296 e. The standard InChI is InChI=1S/C17H17N3O4S/c1-10-6-11(2)8-12(7-10)16(21)19-17(25)18-14-5-4-13(24-3)9-15(14)20(22)23/h4-9H,1-3H3,(H2,18,19,21,25). The maximum Gasteiger partial charge on any atom is 0.296 e. The number of amides is 1. The average Bonchev–Trinajstić information content (AvgIpc) is 2.53. The number of thiocarbonyl (C=S) groups is 1. The highest BCUT2D eigenvalue weighted by Gasteiger charge is 2.17. The summed E-state index contributed by atoms with van der Waals surface area (Å²) in [6.07, 6.45) is 0. The molecule has 0 saturated heterocycles. The number of ether oxygens (including phenoxy) is 1. The molecule has 0 unspecified atom stereocenters. The van der Waals surface area contributed by atoms with Gasteiger partial charge in [-0.1, -0.05) is 17.2 Å². The van der Waals surface area contributed by atoms with E-state index in [2.05, 4.69) is 10.6 Å². The minimum Gasteiger partial charge on any atom is -0.496 e. The van der Waals surface area contributed by atoms with Crippen LogP contribution in [0.2, 0.25) is 0 Å². The lowest BCUT2D eigenvalue weighted by molar-refractivity contribution is -0.384. The Bertz CT molecular complexity index is 832. The van der Waals surface area contributed by atoms with Crippen molar-refractivity contribution in [1.29, 1.82) is 0 Å². The summed E-state index contributed by atoms with van der Waals surface area (Å²) in [5, 5.41) is 16.3. The topological polar surface area (TPSA) is 93.5 Å². The van der Waals surface area contributed by atoms with E-state index in [1.54, 1.807) is 18.2 Å². The van der Waals surface area contributed by atoms with Crippen LogP contribution in [0, 0.1) is 24.0 Å². The van der Waals surface area contributed by atoms with Crippen LogP contribution in [-0.2, 0) is 0 Å². The number of hydrogen-bond donors (Lipinski definition) is 2. The van der Waals surface area contributed by atoms with Crippen molar-refractivity contribution in [2.24, 2.45) is 0 Å². The molecule has 1 amide bonds. The molecule has 0 bridgehead atoms. The van der Waals surface area contributed by atoms with E-state index < -0.39 is 4.92 Å². The van der Waals surface area contributed by atoms with Crippen LogP contribution in [0.4, 0.5) is 11.4 Å². The monoisotopic (exact) mass is 359 g/mol. The number of carbonyl (C=O) groups is 1. The van der Waals surface area contributed by atoms with E-state index in [-0.39, 0.29) is 22.4 Å². The predicted molar refractivity (Wildman–Crippen MR) is 99.3 cm³/mol. The zero-order valence-electron chi connectivity index (χ0n) is 14.0. The zero-order valence-corrected chi connectivity index (χ0v) is 14.8. The summed E-state index contributed by atoms with van der Waals surface area (Å²) in [5.74, 6) is -0.0390. The fourth-order valence-corrected chi connectivity index (χ4v) is 2.53. The number of aryl methyl sites for hydroxylation is 2. The molecular weight excluding hydrogens is 342 g/mol. The van der Waals surface area contributed by atoms with Crippen molar-refractivity contribution in [3.63, 3.8) is 0 Å².